The van der Waals surface area contributed by atoms with E-state index in [1.807, 2.05) is 24.3 Å². The Morgan fingerprint density at radius 2 is 0.800 bits per heavy atom. The van der Waals surface area contributed by atoms with E-state index in [0.29, 0.717) is 0 Å². The summed E-state index contributed by atoms with van der Waals surface area (Å²) in [6.07, 6.45) is 4.38. The molecular formula is C52H44N6O2+2. The fourth-order valence-corrected chi connectivity index (χ4v) is 8.96. The highest BCUT2D eigenvalue weighted by atomic mass is 16.5. The van der Waals surface area contributed by atoms with E-state index in [2.05, 4.69) is 201 Å². The minimum Gasteiger partial charge on any atom is -0.439 e. The SMILES string of the molecule is CN1C(=Cc2cc(N3CCN(c4cc(C=C5Oc6ccccc6N5C)c5ccccc5[n+]4-c4ccccc4)CC3)[n+](-c3ccccc3)c3ccccc23)Oc2ccccc21. The van der Waals surface area contributed by atoms with Gasteiger partial charge in [0.15, 0.2) is 11.5 Å². The van der Waals surface area contributed by atoms with Gasteiger partial charge >= 0.3 is 0 Å². The van der Waals surface area contributed by atoms with Crippen LogP contribution in [-0.4, -0.2) is 40.3 Å². The van der Waals surface area contributed by atoms with Crippen molar-refractivity contribution in [2.45, 2.75) is 0 Å². The Labute approximate surface area is 349 Å². The van der Waals surface area contributed by atoms with Crippen LogP contribution in [0.25, 0.3) is 45.3 Å². The number of hydrogen-bond donors (Lipinski definition) is 0. The third-order valence-electron chi connectivity index (χ3n) is 12.0. The van der Waals surface area contributed by atoms with Crippen LogP contribution >= 0.6 is 0 Å². The molecule has 8 aromatic rings. The summed E-state index contributed by atoms with van der Waals surface area (Å²) in [6.45, 7) is 3.29. The summed E-state index contributed by atoms with van der Waals surface area (Å²) < 4.78 is 17.7. The molecule has 0 atom stereocenters. The first kappa shape index (κ1) is 35.6. The molecule has 0 N–H and O–H groups in total. The van der Waals surface area contributed by atoms with Crippen LogP contribution in [0.15, 0.2) is 182 Å². The minimum absolute atomic E-state index is 0.806. The number of hydrogen-bond acceptors (Lipinski definition) is 6. The largest absolute Gasteiger partial charge is 0.439 e. The van der Waals surface area contributed by atoms with E-state index in [1.165, 1.54) is 0 Å². The van der Waals surface area contributed by atoms with Crippen LogP contribution in [0, 0.1) is 0 Å². The Bertz CT molecular complexity index is 2790. The molecule has 2 aromatic heterocycles. The lowest BCUT2D eigenvalue weighted by Crippen LogP contribution is -2.53. The zero-order chi connectivity index (χ0) is 40.2. The van der Waals surface area contributed by atoms with Crippen molar-refractivity contribution in [1.82, 2.24) is 0 Å². The number of para-hydroxylation sites is 8. The van der Waals surface area contributed by atoms with Crippen LogP contribution in [0.3, 0.4) is 0 Å². The summed E-state index contributed by atoms with van der Waals surface area (Å²) in [4.78, 5) is 9.35. The highest BCUT2D eigenvalue weighted by Crippen LogP contribution is 2.40. The highest BCUT2D eigenvalue weighted by Gasteiger charge is 2.35. The number of benzene rings is 6. The van der Waals surface area contributed by atoms with Gasteiger partial charge in [0.2, 0.25) is 11.8 Å². The van der Waals surface area contributed by atoms with E-state index < -0.39 is 0 Å². The Morgan fingerprint density at radius 1 is 0.433 bits per heavy atom. The number of fused-ring (bicyclic) bond motifs is 4. The molecule has 0 radical (unpaired) electrons. The molecule has 0 saturated carbocycles. The van der Waals surface area contributed by atoms with Gasteiger partial charge in [-0.3, -0.25) is 9.80 Å². The molecule has 8 heteroatoms. The van der Waals surface area contributed by atoms with Gasteiger partial charge in [-0.1, -0.05) is 97.1 Å². The molecule has 0 spiro atoms. The monoisotopic (exact) mass is 784 g/mol. The molecule has 292 valence electrons. The third kappa shape index (κ3) is 6.07. The molecule has 5 heterocycles. The standard InChI is InChI=1S/C52H44N6O2/c1-53-45-25-13-15-27-47(45)59-51(53)35-37-33-49(57(39-17-5-3-6-18-39)43-23-11-9-21-41(37)43)55-29-31-56(32-30-55)50-34-38(36-52-54(2)46-26-14-16-28-48(46)60-52)42-22-10-12-24-44(42)58(50)40-19-7-4-8-20-40/h3-28,33-36H,29-32H2,1-2H3/q+2. The lowest BCUT2D eigenvalue weighted by atomic mass is 10.1. The van der Waals surface area contributed by atoms with Crippen molar-refractivity contribution < 1.29 is 18.6 Å². The van der Waals surface area contributed by atoms with Crippen molar-refractivity contribution in [3.63, 3.8) is 0 Å². The van der Waals surface area contributed by atoms with Crippen LogP contribution in [0.1, 0.15) is 11.1 Å². The number of nitrogens with zero attached hydrogens (tertiary/aromatic N) is 6. The summed E-state index contributed by atoms with van der Waals surface area (Å²) in [5.41, 5.74) is 8.89. The molecule has 1 saturated heterocycles. The predicted octanol–water partition coefficient (Wildman–Crippen LogP) is 9.53. The topological polar surface area (TPSA) is 39.2 Å². The summed E-state index contributed by atoms with van der Waals surface area (Å²) in [5.74, 6) is 5.64. The second kappa shape index (κ2) is 14.7. The van der Waals surface area contributed by atoms with Gasteiger partial charge in [0.1, 0.15) is 48.6 Å². The zero-order valence-corrected chi connectivity index (χ0v) is 33.6. The molecular weight excluding hydrogens is 741 g/mol. The first-order valence-electron chi connectivity index (χ1n) is 20.6. The van der Waals surface area contributed by atoms with E-state index in [4.69, 9.17) is 9.47 Å². The third-order valence-corrected chi connectivity index (χ3v) is 12.0. The molecule has 3 aliphatic heterocycles. The Kier molecular flexibility index (Phi) is 8.69. The van der Waals surface area contributed by atoms with E-state index in [9.17, 15) is 0 Å². The maximum atomic E-state index is 6.43. The highest BCUT2D eigenvalue weighted by molar-refractivity contribution is 5.90. The van der Waals surface area contributed by atoms with Crippen molar-refractivity contribution in [3.8, 4) is 22.9 Å². The smallest absolute Gasteiger partial charge is 0.283 e. The van der Waals surface area contributed by atoms with Crippen molar-refractivity contribution >= 4 is 57.0 Å². The number of anilines is 4. The van der Waals surface area contributed by atoms with Crippen LogP contribution in [0.5, 0.6) is 11.5 Å². The fourth-order valence-electron chi connectivity index (χ4n) is 8.96. The minimum atomic E-state index is 0.806. The average Bonchev–Trinajstić information content (AvgIpc) is 3.80. The van der Waals surface area contributed by atoms with Crippen molar-refractivity contribution in [2.24, 2.45) is 0 Å². The van der Waals surface area contributed by atoms with Gasteiger partial charge in [0, 0.05) is 49.2 Å². The number of pyridine rings is 2. The number of piperazine rings is 1. The van der Waals surface area contributed by atoms with Gasteiger partial charge in [-0.25, -0.2) is 0 Å². The number of ether oxygens (including phenoxy) is 2. The molecule has 0 bridgehead atoms. The van der Waals surface area contributed by atoms with Crippen LogP contribution < -0.4 is 38.2 Å². The van der Waals surface area contributed by atoms with Gasteiger partial charge in [-0.05, 0) is 71.8 Å². The van der Waals surface area contributed by atoms with Gasteiger partial charge in [-0.2, -0.15) is 9.13 Å². The lowest BCUT2D eigenvalue weighted by Gasteiger charge is -2.30. The molecule has 0 unspecified atom stereocenters. The molecule has 0 amide bonds. The van der Waals surface area contributed by atoms with Crippen LogP contribution in [-0.2, 0) is 0 Å². The zero-order valence-electron chi connectivity index (χ0n) is 33.6. The molecule has 11 rings (SSSR count). The van der Waals surface area contributed by atoms with Crippen molar-refractivity contribution in [2.75, 3.05) is 59.9 Å². The maximum absolute atomic E-state index is 6.43. The molecule has 60 heavy (non-hydrogen) atoms. The molecule has 1 fully saturated rings. The molecule has 8 nitrogen and oxygen atoms in total. The maximum Gasteiger partial charge on any atom is 0.283 e. The number of aromatic nitrogens is 2. The lowest BCUT2D eigenvalue weighted by molar-refractivity contribution is -0.555. The van der Waals surface area contributed by atoms with E-state index in [0.717, 1.165) is 117 Å². The van der Waals surface area contributed by atoms with E-state index in [-0.39, 0.29) is 0 Å². The molecule has 6 aromatic carbocycles. The quantitative estimate of drug-likeness (QED) is 0.157. The Morgan fingerprint density at radius 3 is 1.22 bits per heavy atom. The van der Waals surface area contributed by atoms with E-state index in [1.54, 1.807) is 0 Å². The van der Waals surface area contributed by atoms with Crippen LogP contribution in [0.2, 0.25) is 0 Å². The predicted molar refractivity (Wildman–Crippen MR) is 242 cm³/mol. The first-order chi connectivity index (χ1) is 29.6. The normalized spacial score (nSPS) is 16.1. The van der Waals surface area contributed by atoms with Crippen molar-refractivity contribution in [1.29, 1.82) is 0 Å². The van der Waals surface area contributed by atoms with Gasteiger partial charge in [0.05, 0.1) is 11.4 Å². The summed E-state index contributed by atoms with van der Waals surface area (Å²) in [5, 5.41) is 2.32. The molecule has 3 aliphatic rings. The van der Waals surface area contributed by atoms with Gasteiger partial charge in [0.25, 0.3) is 11.6 Å². The second-order valence-corrected chi connectivity index (χ2v) is 15.5. The Balaban J connectivity index is 1.01. The van der Waals surface area contributed by atoms with Crippen molar-refractivity contribution in [3.05, 3.63) is 193 Å². The Hall–Kier alpha value is -7.58. The summed E-state index contributed by atoms with van der Waals surface area (Å²) in [6, 6.07) is 60.0. The second-order valence-electron chi connectivity index (χ2n) is 15.5. The van der Waals surface area contributed by atoms with Gasteiger partial charge < -0.3 is 19.3 Å². The van der Waals surface area contributed by atoms with E-state index >= 15 is 0 Å². The average molecular weight is 785 g/mol. The fraction of sp³-hybridized carbons (Fsp3) is 0.115. The number of rotatable bonds is 6. The van der Waals surface area contributed by atoms with Gasteiger partial charge in [-0.15, -0.1) is 0 Å². The summed E-state index contributed by atoms with van der Waals surface area (Å²) in [7, 11) is 4.14. The summed E-state index contributed by atoms with van der Waals surface area (Å²) >= 11 is 0. The molecule has 0 aliphatic carbocycles. The first-order valence-corrected chi connectivity index (χ1v) is 20.6. The van der Waals surface area contributed by atoms with Crippen LogP contribution in [0.4, 0.5) is 23.0 Å².